The molecule has 1 aliphatic heterocycles. The van der Waals surface area contributed by atoms with E-state index in [0.717, 1.165) is 23.5 Å². The second-order valence-corrected chi connectivity index (χ2v) is 6.84. The van der Waals surface area contributed by atoms with Gasteiger partial charge in [-0.25, -0.2) is 4.68 Å². The van der Waals surface area contributed by atoms with E-state index in [-0.39, 0.29) is 0 Å². The monoisotopic (exact) mass is 397 g/mol. The highest BCUT2D eigenvalue weighted by Gasteiger charge is 2.31. The van der Waals surface area contributed by atoms with Crippen molar-refractivity contribution in [3.05, 3.63) is 63.6 Å². The van der Waals surface area contributed by atoms with E-state index in [1.54, 1.807) is 28.9 Å². The van der Waals surface area contributed by atoms with E-state index in [0.29, 0.717) is 40.0 Å². The minimum Gasteiger partial charge on any atom is -0.369 e. The Hall–Kier alpha value is -2.18. The molecule has 0 atom stereocenters. The molecule has 134 valence electrons. The van der Waals surface area contributed by atoms with Crippen LogP contribution in [-0.4, -0.2) is 16.3 Å². The maximum atomic E-state index is 13.0. The Labute approximate surface area is 157 Å². The summed E-state index contributed by atoms with van der Waals surface area (Å²) in [6.45, 7) is 0.688. The van der Waals surface area contributed by atoms with Crippen LogP contribution < -0.4 is 5.32 Å². The standard InChI is InChI=1S/C18H12Cl2F3N3/c19-12-7-13(20)9-14(8-12)26-17-15(4-5-24-17)16(25-26)10-2-1-3-11(6-10)18(21,22)23/h1-3,6-9,24H,4-5H2. The number of nitrogens with one attached hydrogen (secondary N) is 1. The highest BCUT2D eigenvalue weighted by atomic mass is 35.5. The minimum atomic E-state index is -4.40. The maximum Gasteiger partial charge on any atom is 0.416 e. The second-order valence-electron chi connectivity index (χ2n) is 5.97. The molecule has 0 saturated heterocycles. The zero-order chi connectivity index (χ0) is 18.5. The van der Waals surface area contributed by atoms with Gasteiger partial charge in [0.15, 0.2) is 0 Å². The van der Waals surface area contributed by atoms with Crippen LogP contribution in [-0.2, 0) is 12.6 Å². The lowest BCUT2D eigenvalue weighted by Gasteiger charge is -2.09. The van der Waals surface area contributed by atoms with Gasteiger partial charge in [0.05, 0.1) is 16.9 Å². The predicted molar refractivity (Wildman–Crippen MR) is 96.2 cm³/mol. The van der Waals surface area contributed by atoms with Gasteiger partial charge in [-0.15, -0.1) is 0 Å². The topological polar surface area (TPSA) is 29.9 Å². The van der Waals surface area contributed by atoms with Crippen molar-refractivity contribution in [2.75, 3.05) is 11.9 Å². The SMILES string of the molecule is FC(F)(F)c1cccc(-c2nn(-c3cc(Cl)cc(Cl)c3)c3c2CCN3)c1. The van der Waals surface area contributed by atoms with Crippen LogP contribution >= 0.6 is 23.2 Å². The zero-order valence-electron chi connectivity index (χ0n) is 13.2. The lowest BCUT2D eigenvalue weighted by atomic mass is 10.0. The number of halogens is 5. The molecule has 4 rings (SSSR count). The first-order valence-corrected chi connectivity index (χ1v) is 8.58. The molecule has 2 aromatic carbocycles. The first-order chi connectivity index (χ1) is 12.3. The third-order valence-corrected chi connectivity index (χ3v) is 4.64. The summed E-state index contributed by atoms with van der Waals surface area (Å²) in [7, 11) is 0. The van der Waals surface area contributed by atoms with E-state index < -0.39 is 11.7 Å². The van der Waals surface area contributed by atoms with Crippen LogP contribution in [0.3, 0.4) is 0 Å². The smallest absolute Gasteiger partial charge is 0.369 e. The normalized spacial score (nSPS) is 13.6. The summed E-state index contributed by atoms with van der Waals surface area (Å²) in [6.07, 6.45) is -3.73. The van der Waals surface area contributed by atoms with E-state index in [4.69, 9.17) is 23.2 Å². The van der Waals surface area contributed by atoms with Crippen molar-refractivity contribution in [3.8, 4) is 16.9 Å². The summed E-state index contributed by atoms with van der Waals surface area (Å²) in [5, 5.41) is 8.69. The third kappa shape index (κ3) is 3.04. The van der Waals surface area contributed by atoms with Crippen molar-refractivity contribution >= 4 is 29.0 Å². The Morgan fingerprint density at radius 1 is 1.04 bits per heavy atom. The second kappa shape index (κ2) is 6.21. The molecule has 2 heterocycles. The van der Waals surface area contributed by atoms with Gasteiger partial charge in [0.25, 0.3) is 0 Å². The van der Waals surface area contributed by atoms with Crippen LogP contribution in [0.1, 0.15) is 11.1 Å². The van der Waals surface area contributed by atoms with Crippen LogP contribution in [0.25, 0.3) is 16.9 Å². The van der Waals surface area contributed by atoms with Crippen molar-refractivity contribution in [3.63, 3.8) is 0 Å². The van der Waals surface area contributed by atoms with Crippen LogP contribution in [0, 0.1) is 0 Å². The average molecular weight is 398 g/mol. The Morgan fingerprint density at radius 2 is 1.77 bits per heavy atom. The van der Waals surface area contributed by atoms with Crippen LogP contribution in [0.4, 0.5) is 19.0 Å². The van der Waals surface area contributed by atoms with Crippen molar-refractivity contribution in [1.29, 1.82) is 0 Å². The average Bonchev–Trinajstić information content (AvgIpc) is 3.15. The van der Waals surface area contributed by atoms with Crippen LogP contribution in [0.2, 0.25) is 10.0 Å². The summed E-state index contributed by atoms with van der Waals surface area (Å²) in [5.41, 5.74) is 1.76. The lowest BCUT2D eigenvalue weighted by molar-refractivity contribution is -0.137. The highest BCUT2D eigenvalue weighted by Crippen LogP contribution is 2.37. The van der Waals surface area contributed by atoms with Crippen molar-refractivity contribution in [2.45, 2.75) is 12.6 Å². The summed E-state index contributed by atoms with van der Waals surface area (Å²) in [6, 6.07) is 10.2. The first-order valence-electron chi connectivity index (χ1n) is 7.83. The van der Waals surface area contributed by atoms with Gasteiger partial charge in [0.1, 0.15) is 5.82 Å². The summed E-state index contributed by atoms with van der Waals surface area (Å²) in [5.74, 6) is 0.746. The van der Waals surface area contributed by atoms with Gasteiger partial charge in [0, 0.05) is 27.7 Å². The van der Waals surface area contributed by atoms with Gasteiger partial charge in [-0.3, -0.25) is 0 Å². The number of nitrogens with zero attached hydrogens (tertiary/aromatic N) is 2. The molecular weight excluding hydrogens is 386 g/mol. The molecule has 0 saturated carbocycles. The molecule has 0 fully saturated rings. The van der Waals surface area contributed by atoms with E-state index >= 15 is 0 Å². The summed E-state index contributed by atoms with van der Waals surface area (Å²) in [4.78, 5) is 0. The fourth-order valence-electron chi connectivity index (χ4n) is 3.10. The molecular formula is C18H12Cl2F3N3. The van der Waals surface area contributed by atoms with E-state index in [1.807, 2.05) is 0 Å². The highest BCUT2D eigenvalue weighted by molar-refractivity contribution is 6.34. The number of benzene rings is 2. The molecule has 1 aromatic heterocycles. The number of hydrogen-bond donors (Lipinski definition) is 1. The van der Waals surface area contributed by atoms with E-state index in [2.05, 4.69) is 10.4 Å². The minimum absolute atomic E-state index is 0.423. The third-order valence-electron chi connectivity index (χ3n) is 4.21. The Kier molecular flexibility index (Phi) is 4.12. The molecule has 3 aromatic rings. The number of alkyl halides is 3. The number of anilines is 1. The molecule has 0 amide bonds. The number of hydrogen-bond acceptors (Lipinski definition) is 2. The van der Waals surface area contributed by atoms with Crippen molar-refractivity contribution in [2.24, 2.45) is 0 Å². The molecule has 0 bridgehead atoms. The van der Waals surface area contributed by atoms with Crippen molar-refractivity contribution < 1.29 is 13.2 Å². The maximum absolute atomic E-state index is 13.0. The number of aromatic nitrogens is 2. The number of fused-ring (bicyclic) bond motifs is 1. The van der Waals surface area contributed by atoms with Gasteiger partial charge < -0.3 is 5.32 Å². The first kappa shape index (κ1) is 17.2. The molecule has 0 radical (unpaired) electrons. The van der Waals surface area contributed by atoms with Gasteiger partial charge in [-0.2, -0.15) is 18.3 Å². The van der Waals surface area contributed by atoms with Crippen LogP contribution in [0.5, 0.6) is 0 Å². The summed E-state index contributed by atoms with van der Waals surface area (Å²) < 4.78 is 40.8. The molecule has 1 N–H and O–H groups in total. The quantitative estimate of drug-likeness (QED) is 0.589. The zero-order valence-corrected chi connectivity index (χ0v) is 14.8. The fraction of sp³-hybridized carbons (Fsp3) is 0.167. The molecule has 1 aliphatic rings. The molecule has 3 nitrogen and oxygen atoms in total. The van der Waals surface area contributed by atoms with E-state index in [1.165, 1.54) is 6.07 Å². The van der Waals surface area contributed by atoms with Gasteiger partial charge >= 0.3 is 6.18 Å². The predicted octanol–water partition coefficient (Wildman–Crippen LogP) is 5.83. The largest absolute Gasteiger partial charge is 0.416 e. The van der Waals surface area contributed by atoms with E-state index in [9.17, 15) is 13.2 Å². The Balaban J connectivity index is 1.87. The Morgan fingerprint density at radius 3 is 2.46 bits per heavy atom. The molecule has 26 heavy (non-hydrogen) atoms. The van der Waals surface area contributed by atoms with Crippen molar-refractivity contribution in [1.82, 2.24) is 9.78 Å². The molecule has 0 unspecified atom stereocenters. The lowest BCUT2D eigenvalue weighted by Crippen LogP contribution is -2.05. The van der Waals surface area contributed by atoms with Gasteiger partial charge in [-0.05, 0) is 36.8 Å². The fourth-order valence-corrected chi connectivity index (χ4v) is 3.61. The molecule has 0 aliphatic carbocycles. The van der Waals surface area contributed by atoms with Gasteiger partial charge in [-0.1, -0.05) is 35.3 Å². The number of rotatable bonds is 2. The van der Waals surface area contributed by atoms with Crippen LogP contribution in [0.15, 0.2) is 42.5 Å². The van der Waals surface area contributed by atoms with Gasteiger partial charge in [0.2, 0.25) is 0 Å². The summed E-state index contributed by atoms with van der Waals surface area (Å²) >= 11 is 12.1. The molecule has 8 heteroatoms. The molecule has 0 spiro atoms. The Bertz CT molecular complexity index is 976.